The number of aliphatic hydroxyl groups is 1. The van der Waals surface area contributed by atoms with Crippen LogP contribution in [0.15, 0.2) is 0 Å². The van der Waals surface area contributed by atoms with Gasteiger partial charge in [-0.15, -0.1) is 0 Å². The van der Waals surface area contributed by atoms with Crippen LogP contribution in [-0.4, -0.2) is 58.4 Å². The molecule has 0 aromatic carbocycles. The van der Waals surface area contributed by atoms with Crippen LogP contribution in [0.25, 0.3) is 0 Å². The zero-order chi connectivity index (χ0) is 30.0. The summed E-state index contributed by atoms with van der Waals surface area (Å²) in [6, 6.07) is 0. The first kappa shape index (κ1) is 32.7. The van der Waals surface area contributed by atoms with Crippen LogP contribution in [0, 0.1) is 11.3 Å². The summed E-state index contributed by atoms with van der Waals surface area (Å²) in [4.78, 5) is 12.4. The molecule has 0 bridgehead atoms. The minimum Gasteiger partial charge on any atom is -0.417 e. The van der Waals surface area contributed by atoms with Gasteiger partial charge >= 0.3 is 42.1 Å². The third-order valence-electron chi connectivity index (χ3n) is 7.74. The second kappa shape index (κ2) is 9.26. The van der Waals surface area contributed by atoms with E-state index in [-0.39, 0.29) is 33.1 Å². The van der Waals surface area contributed by atoms with E-state index in [1.165, 1.54) is 0 Å². The molecule has 1 aliphatic heterocycles. The highest BCUT2D eigenvalue weighted by molar-refractivity contribution is 5.78. The summed E-state index contributed by atoms with van der Waals surface area (Å²) in [7, 11) is 0. The van der Waals surface area contributed by atoms with Crippen LogP contribution in [0.2, 0.25) is 0 Å². The lowest BCUT2D eigenvalue weighted by atomic mass is 9.61. The molecule has 2 aliphatic rings. The summed E-state index contributed by atoms with van der Waals surface area (Å²) >= 11 is 0. The Kier molecular flexibility index (Phi) is 7.97. The maximum absolute atomic E-state index is 15.9. The summed E-state index contributed by atoms with van der Waals surface area (Å²) in [5.41, 5.74) is -15.1. The van der Waals surface area contributed by atoms with Crippen molar-refractivity contribution in [3.63, 3.8) is 0 Å². The molecule has 0 amide bonds. The molecular formula is C21H25F13O4. The maximum Gasteiger partial charge on any atom is 0.462 e. The fraction of sp³-hybridized carbons (Fsp3) is 0.952. The second-order valence-electron chi connectivity index (χ2n) is 9.72. The summed E-state index contributed by atoms with van der Waals surface area (Å²) in [6.45, 7) is 0.674. The first-order valence-electron chi connectivity index (χ1n) is 11.4. The number of hydrogen-bond acceptors (Lipinski definition) is 4. The standard InChI is InChI=1S/C21H25F13O4/c1-4-13(3,19(26,27)28)12(35)37-18(21(32,33)34)17(24,25)15(36,11-9-7-6-8-10-11)16(22,23)14(5-2,38-18)20(29,30)31/h11,36H,4-10H2,1-3H3. The Balaban J connectivity index is 3.04. The van der Waals surface area contributed by atoms with E-state index in [0.29, 0.717) is 6.92 Å². The smallest absolute Gasteiger partial charge is 0.417 e. The third-order valence-corrected chi connectivity index (χ3v) is 7.74. The highest BCUT2D eigenvalue weighted by Crippen LogP contribution is 2.69. The fourth-order valence-corrected chi connectivity index (χ4v) is 4.98. The number of rotatable bonds is 5. The summed E-state index contributed by atoms with van der Waals surface area (Å²) in [6.07, 6.45) is -25.3. The lowest BCUT2D eigenvalue weighted by Crippen LogP contribution is -2.89. The molecule has 0 spiro atoms. The van der Waals surface area contributed by atoms with Crippen molar-refractivity contribution in [1.29, 1.82) is 0 Å². The van der Waals surface area contributed by atoms with Gasteiger partial charge in [0, 0.05) is 5.92 Å². The van der Waals surface area contributed by atoms with Crippen LogP contribution >= 0.6 is 0 Å². The minimum absolute atomic E-state index is 0.0842. The molecule has 0 radical (unpaired) electrons. The van der Waals surface area contributed by atoms with Crippen molar-refractivity contribution in [2.24, 2.45) is 11.3 Å². The topological polar surface area (TPSA) is 55.8 Å². The molecule has 224 valence electrons. The monoisotopic (exact) mass is 588 g/mol. The lowest BCUT2D eigenvalue weighted by molar-refractivity contribution is -0.563. The summed E-state index contributed by atoms with van der Waals surface area (Å²) in [5.74, 6) is -25.0. The van der Waals surface area contributed by atoms with Crippen molar-refractivity contribution >= 4 is 5.97 Å². The van der Waals surface area contributed by atoms with Gasteiger partial charge in [-0.05, 0) is 32.6 Å². The van der Waals surface area contributed by atoms with Crippen molar-refractivity contribution < 1.29 is 76.5 Å². The van der Waals surface area contributed by atoms with Gasteiger partial charge in [-0.1, -0.05) is 33.1 Å². The quantitative estimate of drug-likeness (QED) is 0.275. The fourth-order valence-electron chi connectivity index (χ4n) is 4.98. The molecular weight excluding hydrogens is 563 g/mol. The molecule has 1 aliphatic carbocycles. The van der Waals surface area contributed by atoms with E-state index in [2.05, 4.69) is 9.47 Å². The lowest BCUT2D eigenvalue weighted by Gasteiger charge is -2.62. The van der Waals surface area contributed by atoms with Crippen LogP contribution < -0.4 is 0 Å². The molecule has 4 unspecified atom stereocenters. The average Bonchev–Trinajstić information content (AvgIpc) is 2.77. The van der Waals surface area contributed by atoms with E-state index in [1.54, 1.807) is 0 Å². The number of carbonyl (C=O) groups excluding carboxylic acids is 1. The molecule has 4 nitrogen and oxygen atoms in total. The molecule has 17 heteroatoms. The number of alkyl halides is 13. The van der Waals surface area contributed by atoms with Gasteiger partial charge in [0.2, 0.25) is 11.2 Å². The van der Waals surface area contributed by atoms with Gasteiger partial charge < -0.3 is 14.6 Å². The molecule has 1 heterocycles. The Labute approximate surface area is 207 Å². The first-order chi connectivity index (χ1) is 16.8. The second-order valence-corrected chi connectivity index (χ2v) is 9.72. The molecule has 1 N–H and O–H groups in total. The van der Waals surface area contributed by atoms with Crippen molar-refractivity contribution in [2.75, 3.05) is 0 Å². The van der Waals surface area contributed by atoms with Crippen LogP contribution in [-0.2, 0) is 14.3 Å². The molecule has 38 heavy (non-hydrogen) atoms. The normalized spacial score (nSPS) is 34.4. The van der Waals surface area contributed by atoms with Crippen molar-refractivity contribution in [3.05, 3.63) is 0 Å². The largest absolute Gasteiger partial charge is 0.462 e. The Morgan fingerprint density at radius 2 is 1.34 bits per heavy atom. The first-order valence-corrected chi connectivity index (χ1v) is 11.4. The van der Waals surface area contributed by atoms with Gasteiger partial charge in [-0.3, -0.25) is 4.79 Å². The van der Waals surface area contributed by atoms with Gasteiger partial charge in [-0.2, -0.15) is 57.1 Å². The molecule has 0 aromatic heterocycles. The molecule has 1 saturated heterocycles. The Morgan fingerprint density at radius 1 is 0.868 bits per heavy atom. The number of hydrogen-bond donors (Lipinski definition) is 1. The zero-order valence-corrected chi connectivity index (χ0v) is 20.1. The predicted molar refractivity (Wildman–Crippen MR) is 101 cm³/mol. The molecule has 2 fully saturated rings. The molecule has 2 rings (SSSR count). The van der Waals surface area contributed by atoms with Crippen molar-refractivity contribution in [1.82, 2.24) is 0 Å². The highest BCUT2D eigenvalue weighted by atomic mass is 19.4. The van der Waals surface area contributed by atoms with E-state index >= 15 is 17.6 Å². The van der Waals surface area contributed by atoms with Gasteiger partial charge in [-0.25, -0.2) is 0 Å². The number of halogens is 13. The van der Waals surface area contributed by atoms with E-state index in [1.807, 2.05) is 0 Å². The highest BCUT2D eigenvalue weighted by Gasteiger charge is 2.97. The van der Waals surface area contributed by atoms with Gasteiger partial charge in [0.05, 0.1) is 0 Å². The van der Waals surface area contributed by atoms with Crippen molar-refractivity contribution in [2.45, 2.75) is 113 Å². The van der Waals surface area contributed by atoms with Crippen LogP contribution in [0.1, 0.15) is 65.7 Å². The van der Waals surface area contributed by atoms with Crippen molar-refractivity contribution in [3.8, 4) is 0 Å². The van der Waals surface area contributed by atoms with Gasteiger partial charge in [0.25, 0.3) is 0 Å². The summed E-state index contributed by atoms with van der Waals surface area (Å²) in [5, 5.41) is 10.8. The Bertz CT molecular complexity index is 893. The molecule has 0 aromatic rings. The third kappa shape index (κ3) is 3.99. The van der Waals surface area contributed by atoms with Crippen LogP contribution in [0.3, 0.4) is 0 Å². The van der Waals surface area contributed by atoms with Crippen LogP contribution in [0.4, 0.5) is 57.1 Å². The zero-order valence-electron chi connectivity index (χ0n) is 20.1. The van der Waals surface area contributed by atoms with E-state index in [0.717, 1.165) is 0 Å². The average molecular weight is 588 g/mol. The SMILES string of the molecule is CCC(C)(C(=O)OC1(C(F)(F)F)OC(CC)(C(F)(F)F)C(F)(F)C(O)(C2CCCCC2)C1(F)F)C(F)(F)F. The number of esters is 1. The maximum atomic E-state index is 15.9. The number of ether oxygens (including phenoxy) is 2. The Morgan fingerprint density at radius 3 is 1.68 bits per heavy atom. The predicted octanol–water partition coefficient (Wildman–Crippen LogP) is 7.09. The number of carbonyl (C=O) groups is 1. The molecule has 4 atom stereocenters. The summed E-state index contributed by atoms with van der Waals surface area (Å²) < 4.78 is 196. The Hall–Kier alpha value is -1.52. The minimum atomic E-state index is -7.06. The van der Waals surface area contributed by atoms with E-state index < -0.39 is 90.3 Å². The van der Waals surface area contributed by atoms with Gasteiger partial charge in [0.15, 0.2) is 5.41 Å². The van der Waals surface area contributed by atoms with Gasteiger partial charge in [0.1, 0.15) is 0 Å². The van der Waals surface area contributed by atoms with Crippen LogP contribution in [0.5, 0.6) is 0 Å². The molecule has 1 saturated carbocycles. The van der Waals surface area contributed by atoms with E-state index in [4.69, 9.17) is 0 Å². The van der Waals surface area contributed by atoms with E-state index in [9.17, 15) is 49.4 Å².